The Bertz CT molecular complexity index is 1260. The van der Waals surface area contributed by atoms with Crippen molar-refractivity contribution in [1.29, 1.82) is 0 Å². The molecule has 0 bridgehead atoms. The fourth-order valence-electron chi connectivity index (χ4n) is 3.13. The number of hydrogen-bond donors (Lipinski definition) is 2. The van der Waals surface area contributed by atoms with Crippen molar-refractivity contribution in [3.8, 4) is 5.75 Å². The molecule has 1 aliphatic heterocycles. The molecule has 35 heavy (non-hydrogen) atoms. The molecule has 1 aliphatic rings. The van der Waals surface area contributed by atoms with Gasteiger partial charge in [-0.25, -0.2) is 32.3 Å². The number of amides is 1. The Morgan fingerprint density at radius 3 is 2.66 bits per heavy atom. The molecule has 3 rings (SSSR count). The quantitative estimate of drug-likeness (QED) is 0.561. The molecule has 3 heterocycles. The Morgan fingerprint density at radius 1 is 1.34 bits per heavy atom. The van der Waals surface area contributed by atoms with Crippen molar-refractivity contribution in [3.05, 3.63) is 47.7 Å². The smallest absolute Gasteiger partial charge is 0.408 e. The second kappa shape index (κ2) is 9.59. The van der Waals surface area contributed by atoms with Crippen LogP contribution in [0.5, 0.6) is 5.75 Å². The number of carbonyl (C=O) groups excluding carboxylic acids is 1. The van der Waals surface area contributed by atoms with Gasteiger partial charge in [0, 0.05) is 7.05 Å². The molecule has 0 saturated heterocycles. The third-order valence-electron chi connectivity index (χ3n) is 4.81. The molecule has 3 N–H and O–H groups in total. The molecule has 0 fully saturated rings. The number of guanidine groups is 1. The van der Waals surface area contributed by atoms with Gasteiger partial charge in [0.15, 0.2) is 0 Å². The van der Waals surface area contributed by atoms with Crippen molar-refractivity contribution < 1.29 is 35.7 Å². The van der Waals surface area contributed by atoms with Crippen molar-refractivity contribution in [2.45, 2.75) is 18.6 Å². The second-order valence-corrected chi connectivity index (χ2v) is 9.82. The molecular weight excluding hydrogens is 501 g/mol. The van der Waals surface area contributed by atoms with E-state index in [1.165, 1.54) is 19.1 Å². The number of ether oxygens (including phenoxy) is 1. The van der Waals surface area contributed by atoms with Gasteiger partial charge in [-0.3, -0.25) is 9.10 Å². The summed E-state index contributed by atoms with van der Waals surface area (Å²) in [5.74, 6) is -2.80. The molecule has 0 aliphatic carbocycles. The van der Waals surface area contributed by atoms with E-state index in [9.17, 15) is 31.0 Å². The van der Waals surface area contributed by atoms with Crippen LogP contribution in [0.25, 0.3) is 0 Å². The molecule has 16 heteroatoms. The summed E-state index contributed by atoms with van der Waals surface area (Å²) in [6, 6.07) is 4.65. The van der Waals surface area contributed by atoms with Gasteiger partial charge in [0.05, 0.1) is 11.9 Å². The SMILES string of the molecule is CN1C(N)=N[C@](C)(c2nc(NC(=O)c3ccc(OCF)cn3)ccc2F)C[S@@]1(=O)=NCC(F)(F)F. The summed E-state index contributed by atoms with van der Waals surface area (Å²) in [5.41, 5.74) is 3.50. The lowest BCUT2D eigenvalue weighted by atomic mass is 10.00. The van der Waals surface area contributed by atoms with Crippen LogP contribution in [0, 0.1) is 5.82 Å². The summed E-state index contributed by atoms with van der Waals surface area (Å²) in [6.45, 7) is -1.49. The number of anilines is 1. The number of carbonyl (C=O) groups is 1. The van der Waals surface area contributed by atoms with E-state index in [2.05, 4.69) is 29.4 Å². The van der Waals surface area contributed by atoms with Crippen LogP contribution in [0.2, 0.25) is 0 Å². The molecule has 0 spiro atoms. The van der Waals surface area contributed by atoms with Crippen molar-refractivity contribution in [2.24, 2.45) is 15.1 Å². The number of alkyl halides is 4. The summed E-state index contributed by atoms with van der Waals surface area (Å²) in [6.07, 6.45) is -3.60. The number of pyridine rings is 2. The zero-order valence-electron chi connectivity index (χ0n) is 18.3. The minimum absolute atomic E-state index is 0.0920. The van der Waals surface area contributed by atoms with Gasteiger partial charge in [-0.2, -0.15) is 13.2 Å². The van der Waals surface area contributed by atoms with Crippen LogP contribution in [-0.2, 0) is 15.5 Å². The number of nitrogens with zero attached hydrogens (tertiary/aromatic N) is 5. The molecule has 0 aromatic carbocycles. The Balaban J connectivity index is 1.93. The molecule has 10 nitrogen and oxygen atoms in total. The van der Waals surface area contributed by atoms with Gasteiger partial charge in [-0.15, -0.1) is 0 Å². The summed E-state index contributed by atoms with van der Waals surface area (Å²) in [4.78, 5) is 24.4. The minimum atomic E-state index is -4.72. The fraction of sp³-hybridized carbons (Fsp3) is 0.368. The molecule has 1 amide bonds. The maximum absolute atomic E-state index is 14.8. The van der Waals surface area contributed by atoms with E-state index in [0.717, 1.165) is 29.7 Å². The lowest BCUT2D eigenvalue weighted by molar-refractivity contribution is -0.117. The number of aliphatic imine (C=N–C) groups is 1. The van der Waals surface area contributed by atoms with Gasteiger partial charge < -0.3 is 15.8 Å². The highest BCUT2D eigenvalue weighted by Gasteiger charge is 2.42. The zero-order valence-corrected chi connectivity index (χ0v) is 19.2. The predicted molar refractivity (Wildman–Crippen MR) is 116 cm³/mol. The average molecular weight is 521 g/mol. The second-order valence-electron chi connectivity index (χ2n) is 7.51. The first-order chi connectivity index (χ1) is 16.3. The first-order valence-corrected chi connectivity index (χ1v) is 11.4. The molecule has 2 aromatic rings. The maximum Gasteiger partial charge on any atom is 0.408 e. The number of aromatic nitrogens is 2. The van der Waals surface area contributed by atoms with E-state index in [4.69, 9.17) is 5.73 Å². The third kappa shape index (κ3) is 5.93. The maximum atomic E-state index is 14.8. The topological polar surface area (TPSA) is 135 Å². The van der Waals surface area contributed by atoms with Gasteiger partial charge in [0.2, 0.25) is 12.8 Å². The lowest BCUT2D eigenvalue weighted by Crippen LogP contribution is -2.51. The molecule has 0 radical (unpaired) electrons. The molecule has 0 unspecified atom stereocenters. The van der Waals surface area contributed by atoms with Gasteiger partial charge >= 0.3 is 6.18 Å². The zero-order chi connectivity index (χ0) is 26.0. The number of nitrogens with one attached hydrogen (secondary N) is 1. The summed E-state index contributed by atoms with van der Waals surface area (Å²) in [5, 5.41) is 2.39. The average Bonchev–Trinajstić information content (AvgIpc) is 2.78. The normalized spacial score (nSPS) is 22.4. The van der Waals surface area contributed by atoms with Crippen LogP contribution in [0.15, 0.2) is 39.8 Å². The van der Waals surface area contributed by atoms with Crippen LogP contribution in [0.1, 0.15) is 23.1 Å². The van der Waals surface area contributed by atoms with Crippen molar-refractivity contribution in [3.63, 3.8) is 0 Å². The lowest BCUT2D eigenvalue weighted by Gasteiger charge is -2.36. The first-order valence-electron chi connectivity index (χ1n) is 9.76. The molecule has 0 saturated carbocycles. The third-order valence-corrected chi connectivity index (χ3v) is 7.33. The molecular formula is C19H20F5N7O3S. The van der Waals surface area contributed by atoms with Gasteiger partial charge in [0.1, 0.15) is 50.8 Å². The monoisotopic (exact) mass is 521 g/mol. The first kappa shape index (κ1) is 26.1. The highest BCUT2D eigenvalue weighted by Crippen LogP contribution is 2.34. The Labute approximate surface area is 196 Å². The van der Waals surface area contributed by atoms with Gasteiger partial charge in [-0.05, 0) is 31.2 Å². The molecule has 2 atom stereocenters. The van der Waals surface area contributed by atoms with Gasteiger partial charge in [-0.1, -0.05) is 0 Å². The van der Waals surface area contributed by atoms with Crippen LogP contribution in [0.3, 0.4) is 0 Å². The molecule has 2 aromatic heterocycles. The standard InChI is InChI=1S/C19H20F5N7O3S/c1-18(9-35(33,27-8-19(22,23)24)31(2)17(25)30-18)15-12(21)4-6-14(28-15)29-16(32)13-5-3-11(7-26-13)34-10-20/h3-7H,8-10H2,1-2H3,(H2,25,30)(H,28,29,32)/t18-,35+/m0/s1. The van der Waals surface area contributed by atoms with E-state index < -0.39 is 64.2 Å². The van der Waals surface area contributed by atoms with E-state index in [0.29, 0.717) is 0 Å². The van der Waals surface area contributed by atoms with E-state index in [1.54, 1.807) is 0 Å². The largest absolute Gasteiger partial charge is 0.461 e. The van der Waals surface area contributed by atoms with Crippen molar-refractivity contribution >= 4 is 27.6 Å². The highest BCUT2D eigenvalue weighted by molar-refractivity contribution is 7.92. The molecule has 190 valence electrons. The minimum Gasteiger partial charge on any atom is -0.461 e. The van der Waals surface area contributed by atoms with Crippen molar-refractivity contribution in [2.75, 3.05) is 31.5 Å². The van der Waals surface area contributed by atoms with Crippen LogP contribution in [-0.4, -0.2) is 62.7 Å². The van der Waals surface area contributed by atoms with Crippen LogP contribution in [0.4, 0.5) is 27.8 Å². The summed E-state index contributed by atoms with van der Waals surface area (Å²) >= 11 is 0. The predicted octanol–water partition coefficient (Wildman–Crippen LogP) is 2.59. The Morgan fingerprint density at radius 2 is 2.06 bits per heavy atom. The van der Waals surface area contributed by atoms with Gasteiger partial charge in [0.25, 0.3) is 5.91 Å². The summed E-state index contributed by atoms with van der Waals surface area (Å²) in [7, 11) is -2.61. The van der Waals surface area contributed by atoms with Crippen LogP contribution < -0.4 is 15.8 Å². The fourth-order valence-corrected chi connectivity index (χ4v) is 5.20. The number of rotatable bonds is 6. The number of hydrogen-bond acceptors (Lipinski definition) is 8. The van der Waals surface area contributed by atoms with E-state index in [1.807, 2.05) is 0 Å². The Kier molecular flexibility index (Phi) is 7.14. The number of nitrogens with two attached hydrogens (primary N) is 1. The number of halogens is 5. The van der Waals surface area contributed by atoms with Crippen molar-refractivity contribution in [1.82, 2.24) is 14.3 Å². The summed E-state index contributed by atoms with van der Waals surface area (Å²) < 4.78 is 87.1. The highest BCUT2D eigenvalue weighted by atomic mass is 32.2. The Hall–Kier alpha value is -3.56. The van der Waals surface area contributed by atoms with Crippen LogP contribution >= 0.6 is 0 Å². The van der Waals surface area contributed by atoms with E-state index >= 15 is 0 Å². The van der Waals surface area contributed by atoms with E-state index in [-0.39, 0.29) is 17.3 Å².